The fourth-order valence-electron chi connectivity index (χ4n) is 1.87. The Kier molecular flexibility index (Phi) is 4.26. The molecule has 1 aromatic carbocycles. The molecular weight excluding hydrogens is 256 g/mol. The number of phenolic OH excluding ortho intramolecular Hbond substituents is 1. The summed E-state index contributed by atoms with van der Waals surface area (Å²) in [7, 11) is 1.47. The quantitative estimate of drug-likeness (QED) is 0.801. The summed E-state index contributed by atoms with van der Waals surface area (Å²) in [5, 5.41) is 21.2. The number of nitriles is 1. The number of benzene rings is 1. The number of carbonyl (C=O) groups excluding carboxylic acids is 1. The monoisotopic (exact) mass is 272 g/mol. The fraction of sp³-hybridized carbons (Fsp3) is 0.333. The summed E-state index contributed by atoms with van der Waals surface area (Å²) in [6.45, 7) is 0. The van der Waals surface area contributed by atoms with Gasteiger partial charge in [-0.15, -0.1) is 0 Å². The van der Waals surface area contributed by atoms with Crippen LogP contribution in [0, 0.1) is 17.2 Å². The van der Waals surface area contributed by atoms with Crippen LogP contribution < -0.4 is 10.1 Å². The fourth-order valence-corrected chi connectivity index (χ4v) is 1.87. The Bertz CT molecular complexity index is 571. The zero-order valence-corrected chi connectivity index (χ0v) is 11.2. The minimum absolute atomic E-state index is 0.0166. The van der Waals surface area contributed by atoms with Crippen LogP contribution in [-0.4, -0.2) is 24.2 Å². The lowest BCUT2D eigenvalue weighted by atomic mass is 10.1. The number of ether oxygens (including phenoxy) is 1. The SMILES string of the molecule is COc1ccc(C=CC(=O)NC(C#N)C2CC2)cc1O. The Morgan fingerprint density at radius 2 is 2.35 bits per heavy atom. The first kappa shape index (κ1) is 13.9. The van der Waals surface area contributed by atoms with Crippen molar-refractivity contribution in [1.82, 2.24) is 5.32 Å². The molecule has 0 spiro atoms. The van der Waals surface area contributed by atoms with Crippen molar-refractivity contribution < 1.29 is 14.6 Å². The normalized spacial score (nSPS) is 15.6. The molecular formula is C15H16N2O3. The average molecular weight is 272 g/mol. The highest BCUT2D eigenvalue weighted by Gasteiger charge is 2.31. The van der Waals surface area contributed by atoms with Crippen LogP contribution in [0.25, 0.3) is 6.08 Å². The summed E-state index contributed by atoms with van der Waals surface area (Å²) < 4.78 is 4.94. The largest absolute Gasteiger partial charge is 0.504 e. The van der Waals surface area contributed by atoms with Crippen LogP contribution in [-0.2, 0) is 4.79 Å². The molecule has 1 atom stereocenters. The number of nitrogens with zero attached hydrogens (tertiary/aromatic N) is 1. The highest BCUT2D eigenvalue weighted by Crippen LogP contribution is 2.32. The predicted octanol–water partition coefficient (Wildman–Crippen LogP) is 1.83. The highest BCUT2D eigenvalue weighted by atomic mass is 16.5. The third-order valence-electron chi connectivity index (χ3n) is 3.16. The summed E-state index contributed by atoms with van der Waals surface area (Å²) in [6, 6.07) is 6.54. The summed E-state index contributed by atoms with van der Waals surface area (Å²) in [5.41, 5.74) is 0.679. The molecule has 1 saturated carbocycles. The van der Waals surface area contributed by atoms with E-state index in [1.807, 2.05) is 0 Å². The van der Waals surface area contributed by atoms with E-state index in [0.29, 0.717) is 17.2 Å². The van der Waals surface area contributed by atoms with Gasteiger partial charge in [0.05, 0.1) is 13.2 Å². The van der Waals surface area contributed by atoms with Gasteiger partial charge < -0.3 is 15.2 Å². The van der Waals surface area contributed by atoms with Crippen molar-refractivity contribution in [2.24, 2.45) is 5.92 Å². The standard InChI is InChI=1S/C15H16N2O3/c1-20-14-6-2-10(8-13(14)18)3-7-15(19)17-12(9-16)11-4-5-11/h2-3,6-8,11-12,18H,4-5H2,1H3,(H,17,19). The lowest BCUT2D eigenvalue weighted by molar-refractivity contribution is -0.116. The molecule has 0 radical (unpaired) electrons. The van der Waals surface area contributed by atoms with Gasteiger partial charge in [-0.05, 0) is 42.5 Å². The van der Waals surface area contributed by atoms with Gasteiger partial charge in [-0.25, -0.2) is 0 Å². The maximum Gasteiger partial charge on any atom is 0.245 e. The minimum atomic E-state index is -0.406. The molecule has 2 rings (SSSR count). The van der Waals surface area contributed by atoms with Crippen LogP contribution in [0.4, 0.5) is 0 Å². The number of hydrogen-bond donors (Lipinski definition) is 2. The molecule has 1 aromatic rings. The zero-order chi connectivity index (χ0) is 14.5. The van der Waals surface area contributed by atoms with Gasteiger partial charge in [0.1, 0.15) is 6.04 Å². The topological polar surface area (TPSA) is 82.3 Å². The van der Waals surface area contributed by atoms with E-state index < -0.39 is 6.04 Å². The van der Waals surface area contributed by atoms with Crippen LogP contribution in [0.5, 0.6) is 11.5 Å². The van der Waals surface area contributed by atoms with E-state index in [-0.39, 0.29) is 11.7 Å². The van der Waals surface area contributed by atoms with Crippen LogP contribution in [0.2, 0.25) is 0 Å². The van der Waals surface area contributed by atoms with Crippen molar-refractivity contribution >= 4 is 12.0 Å². The molecule has 1 unspecified atom stereocenters. The number of amides is 1. The number of hydrogen-bond acceptors (Lipinski definition) is 4. The molecule has 0 saturated heterocycles. The number of aromatic hydroxyl groups is 1. The molecule has 1 aliphatic carbocycles. The maximum absolute atomic E-state index is 11.7. The van der Waals surface area contributed by atoms with Crippen molar-refractivity contribution in [2.75, 3.05) is 7.11 Å². The lowest BCUT2D eigenvalue weighted by Gasteiger charge is -2.07. The van der Waals surface area contributed by atoms with Crippen molar-refractivity contribution in [3.63, 3.8) is 0 Å². The van der Waals surface area contributed by atoms with Gasteiger partial charge in [0, 0.05) is 6.08 Å². The number of methoxy groups -OCH3 is 1. The molecule has 5 heteroatoms. The second kappa shape index (κ2) is 6.11. The van der Waals surface area contributed by atoms with Crippen LogP contribution in [0.3, 0.4) is 0 Å². The van der Waals surface area contributed by atoms with Gasteiger partial charge in [-0.1, -0.05) is 6.07 Å². The summed E-state index contributed by atoms with van der Waals surface area (Å²) in [4.78, 5) is 11.7. The number of carbonyl (C=O) groups is 1. The second-order valence-electron chi connectivity index (χ2n) is 4.72. The summed E-state index contributed by atoms with van der Waals surface area (Å²) in [5.74, 6) is 0.383. The van der Waals surface area contributed by atoms with Crippen LogP contribution in [0.15, 0.2) is 24.3 Å². The van der Waals surface area contributed by atoms with Gasteiger partial charge in [0.2, 0.25) is 5.91 Å². The molecule has 0 aromatic heterocycles. The summed E-state index contributed by atoms with van der Waals surface area (Å²) in [6.07, 6.45) is 4.92. The Balaban J connectivity index is 1.96. The van der Waals surface area contributed by atoms with Crippen molar-refractivity contribution in [1.29, 1.82) is 5.26 Å². The molecule has 1 amide bonds. The van der Waals surface area contributed by atoms with E-state index in [2.05, 4.69) is 11.4 Å². The van der Waals surface area contributed by atoms with Gasteiger partial charge in [0.25, 0.3) is 0 Å². The molecule has 1 aliphatic rings. The smallest absolute Gasteiger partial charge is 0.245 e. The number of phenols is 1. The first-order valence-electron chi connectivity index (χ1n) is 6.39. The third kappa shape index (κ3) is 3.51. The van der Waals surface area contributed by atoms with E-state index in [4.69, 9.17) is 10.00 Å². The van der Waals surface area contributed by atoms with Gasteiger partial charge >= 0.3 is 0 Å². The van der Waals surface area contributed by atoms with E-state index in [1.54, 1.807) is 18.2 Å². The first-order valence-corrected chi connectivity index (χ1v) is 6.39. The Morgan fingerprint density at radius 3 is 2.90 bits per heavy atom. The number of nitrogens with one attached hydrogen (secondary N) is 1. The molecule has 0 bridgehead atoms. The van der Waals surface area contributed by atoms with Crippen molar-refractivity contribution in [2.45, 2.75) is 18.9 Å². The molecule has 104 valence electrons. The minimum Gasteiger partial charge on any atom is -0.504 e. The molecule has 20 heavy (non-hydrogen) atoms. The van der Waals surface area contributed by atoms with Crippen molar-refractivity contribution in [3.8, 4) is 17.6 Å². The predicted molar refractivity (Wildman–Crippen MR) is 74.0 cm³/mol. The maximum atomic E-state index is 11.7. The Labute approximate surface area is 117 Å². The van der Waals surface area contributed by atoms with Gasteiger partial charge in [-0.2, -0.15) is 5.26 Å². The molecule has 5 nitrogen and oxygen atoms in total. The molecule has 2 N–H and O–H groups in total. The zero-order valence-electron chi connectivity index (χ0n) is 11.2. The van der Waals surface area contributed by atoms with E-state index >= 15 is 0 Å². The van der Waals surface area contributed by atoms with E-state index in [1.165, 1.54) is 19.3 Å². The highest BCUT2D eigenvalue weighted by molar-refractivity contribution is 5.92. The van der Waals surface area contributed by atoms with Crippen LogP contribution >= 0.6 is 0 Å². The molecule has 0 heterocycles. The van der Waals surface area contributed by atoms with E-state index in [0.717, 1.165) is 12.8 Å². The Hall–Kier alpha value is -2.48. The summed E-state index contributed by atoms with van der Waals surface area (Å²) >= 11 is 0. The lowest BCUT2D eigenvalue weighted by Crippen LogP contribution is -2.33. The van der Waals surface area contributed by atoms with Gasteiger partial charge in [-0.3, -0.25) is 4.79 Å². The first-order chi connectivity index (χ1) is 9.63. The average Bonchev–Trinajstić information content (AvgIpc) is 3.27. The number of rotatable bonds is 5. The molecule has 1 fully saturated rings. The van der Waals surface area contributed by atoms with Crippen molar-refractivity contribution in [3.05, 3.63) is 29.8 Å². The third-order valence-corrected chi connectivity index (χ3v) is 3.16. The van der Waals surface area contributed by atoms with Crippen LogP contribution in [0.1, 0.15) is 18.4 Å². The second-order valence-corrected chi connectivity index (χ2v) is 4.72. The van der Waals surface area contributed by atoms with E-state index in [9.17, 15) is 9.90 Å². The Morgan fingerprint density at radius 1 is 1.60 bits per heavy atom. The molecule has 0 aliphatic heterocycles. The van der Waals surface area contributed by atoms with Gasteiger partial charge in [0.15, 0.2) is 11.5 Å².